The number of aryl methyl sites for hydroxylation is 2. The first-order chi connectivity index (χ1) is 9.83. The van der Waals surface area contributed by atoms with Crippen molar-refractivity contribution in [1.82, 2.24) is 4.98 Å². The largest absolute Gasteiger partial charge is 0.465 e. The number of benzene rings is 1. The maximum Gasteiger partial charge on any atom is 0.337 e. The van der Waals surface area contributed by atoms with E-state index in [9.17, 15) is 13.2 Å². The lowest BCUT2D eigenvalue weighted by atomic mass is 10.2. The fraction of sp³-hybridized carbons (Fsp3) is 0.231. The van der Waals surface area contributed by atoms with Gasteiger partial charge in [-0.05, 0) is 38.1 Å². The van der Waals surface area contributed by atoms with Crippen molar-refractivity contribution in [2.75, 3.05) is 11.8 Å². The van der Waals surface area contributed by atoms with Gasteiger partial charge in [-0.25, -0.2) is 18.2 Å². The normalized spacial score (nSPS) is 11.2. The zero-order valence-electron chi connectivity index (χ0n) is 11.7. The lowest BCUT2D eigenvalue weighted by Gasteiger charge is -2.07. The van der Waals surface area contributed by atoms with E-state index < -0.39 is 16.0 Å². The van der Waals surface area contributed by atoms with Gasteiger partial charge in [-0.3, -0.25) is 4.72 Å². The smallest absolute Gasteiger partial charge is 0.337 e. The Hall–Kier alpha value is -1.93. The van der Waals surface area contributed by atoms with Crippen molar-refractivity contribution in [3.8, 4) is 0 Å². The molecular formula is C13H14N2O4S2. The Kier molecular flexibility index (Phi) is 4.29. The molecular weight excluding hydrogens is 312 g/mol. The van der Waals surface area contributed by atoms with Crippen molar-refractivity contribution >= 4 is 33.0 Å². The first-order valence-corrected chi connectivity index (χ1v) is 8.28. The highest BCUT2D eigenvalue weighted by Crippen LogP contribution is 2.25. The fourth-order valence-corrected chi connectivity index (χ4v) is 4.30. The van der Waals surface area contributed by atoms with Gasteiger partial charge in [0.15, 0.2) is 4.21 Å². The minimum absolute atomic E-state index is 0.192. The average molecular weight is 326 g/mol. The van der Waals surface area contributed by atoms with Gasteiger partial charge in [-0.1, -0.05) is 0 Å². The number of sulfonamides is 1. The SMILES string of the molecule is COC(=O)c1ccc(NS(=O)(=O)c2sc(C)nc2C)cc1. The lowest BCUT2D eigenvalue weighted by molar-refractivity contribution is 0.0601. The van der Waals surface area contributed by atoms with E-state index in [2.05, 4.69) is 14.4 Å². The number of rotatable bonds is 4. The molecule has 0 aliphatic carbocycles. The Bertz CT molecular complexity index is 764. The highest BCUT2D eigenvalue weighted by molar-refractivity contribution is 7.94. The van der Waals surface area contributed by atoms with Crippen LogP contribution in [0, 0.1) is 13.8 Å². The van der Waals surface area contributed by atoms with Crippen LogP contribution in [0.2, 0.25) is 0 Å². The molecule has 1 aromatic carbocycles. The molecule has 0 spiro atoms. The molecule has 0 radical (unpaired) electrons. The number of esters is 1. The van der Waals surface area contributed by atoms with Crippen LogP contribution in [-0.4, -0.2) is 26.5 Å². The van der Waals surface area contributed by atoms with Gasteiger partial charge in [0.25, 0.3) is 10.0 Å². The third-order valence-electron chi connectivity index (χ3n) is 2.66. The topological polar surface area (TPSA) is 85.4 Å². The van der Waals surface area contributed by atoms with Gasteiger partial charge in [0.2, 0.25) is 0 Å². The Morgan fingerprint density at radius 3 is 2.33 bits per heavy atom. The van der Waals surface area contributed by atoms with E-state index in [4.69, 9.17) is 0 Å². The molecule has 0 bridgehead atoms. The molecule has 0 saturated carbocycles. The first kappa shape index (κ1) is 15.5. The number of aromatic nitrogens is 1. The molecule has 0 atom stereocenters. The third kappa shape index (κ3) is 3.40. The van der Waals surface area contributed by atoms with Crippen molar-refractivity contribution in [3.63, 3.8) is 0 Å². The zero-order chi connectivity index (χ0) is 15.6. The highest BCUT2D eigenvalue weighted by Gasteiger charge is 2.21. The molecule has 21 heavy (non-hydrogen) atoms. The number of nitrogens with one attached hydrogen (secondary N) is 1. The Morgan fingerprint density at radius 2 is 1.86 bits per heavy atom. The number of hydrogen-bond acceptors (Lipinski definition) is 6. The molecule has 0 aliphatic rings. The maximum absolute atomic E-state index is 12.3. The van der Waals surface area contributed by atoms with Crippen LogP contribution < -0.4 is 4.72 Å². The second-order valence-corrected chi connectivity index (χ2v) is 7.36. The van der Waals surface area contributed by atoms with Crippen molar-refractivity contribution in [2.24, 2.45) is 0 Å². The van der Waals surface area contributed by atoms with Crippen LogP contribution in [0.4, 0.5) is 5.69 Å². The summed E-state index contributed by atoms with van der Waals surface area (Å²) in [6.07, 6.45) is 0. The second-order valence-electron chi connectivity index (χ2n) is 4.28. The molecule has 1 aromatic heterocycles. The summed E-state index contributed by atoms with van der Waals surface area (Å²) in [5, 5.41) is 0.689. The Morgan fingerprint density at radius 1 is 1.24 bits per heavy atom. The molecule has 0 fully saturated rings. The van der Waals surface area contributed by atoms with Crippen molar-refractivity contribution < 1.29 is 17.9 Å². The molecule has 8 heteroatoms. The van der Waals surface area contributed by atoms with Gasteiger partial charge in [0.05, 0.1) is 23.4 Å². The summed E-state index contributed by atoms with van der Waals surface area (Å²) in [4.78, 5) is 15.4. The molecule has 0 saturated heterocycles. The van der Waals surface area contributed by atoms with Crippen molar-refractivity contribution in [3.05, 3.63) is 40.5 Å². The van der Waals surface area contributed by atoms with E-state index in [1.54, 1.807) is 13.8 Å². The van der Waals surface area contributed by atoms with Crippen molar-refractivity contribution in [2.45, 2.75) is 18.1 Å². The van der Waals surface area contributed by atoms with Crippen LogP contribution in [-0.2, 0) is 14.8 Å². The zero-order valence-corrected chi connectivity index (χ0v) is 13.3. The van der Waals surface area contributed by atoms with Crippen LogP contribution in [0.5, 0.6) is 0 Å². The predicted octanol–water partition coefficient (Wildman–Crippen LogP) is 2.35. The summed E-state index contributed by atoms with van der Waals surface area (Å²) < 4.78 is 31.8. The Balaban J connectivity index is 2.25. The van der Waals surface area contributed by atoms with Gasteiger partial charge in [-0.15, -0.1) is 11.3 Å². The number of anilines is 1. The quantitative estimate of drug-likeness (QED) is 0.872. The maximum atomic E-state index is 12.3. The molecule has 0 unspecified atom stereocenters. The summed E-state index contributed by atoms with van der Waals surface area (Å²) in [5.41, 5.74) is 1.19. The van der Waals surface area contributed by atoms with Gasteiger partial charge in [0.1, 0.15) is 0 Å². The van der Waals surface area contributed by atoms with E-state index in [1.165, 1.54) is 31.4 Å². The molecule has 0 aliphatic heterocycles. The minimum Gasteiger partial charge on any atom is -0.465 e. The van der Waals surface area contributed by atoms with E-state index in [0.29, 0.717) is 22.0 Å². The third-order valence-corrected chi connectivity index (χ3v) is 5.73. The summed E-state index contributed by atoms with van der Waals surface area (Å²) in [6.45, 7) is 3.40. The van der Waals surface area contributed by atoms with E-state index in [-0.39, 0.29) is 4.21 Å². The average Bonchev–Trinajstić information content (AvgIpc) is 2.78. The van der Waals surface area contributed by atoms with Gasteiger partial charge in [0, 0.05) is 5.69 Å². The molecule has 1 N–H and O–H groups in total. The van der Waals surface area contributed by atoms with E-state index in [0.717, 1.165) is 11.3 Å². The standard InChI is InChI=1S/C13H14N2O4S2/c1-8-13(20-9(2)14-8)21(17,18)15-11-6-4-10(5-7-11)12(16)19-3/h4-7,15H,1-3H3. The highest BCUT2D eigenvalue weighted by atomic mass is 32.2. The molecule has 2 rings (SSSR count). The van der Waals surface area contributed by atoms with Crippen LogP contribution >= 0.6 is 11.3 Å². The lowest BCUT2D eigenvalue weighted by Crippen LogP contribution is -2.13. The number of nitrogens with zero attached hydrogens (tertiary/aromatic N) is 1. The molecule has 1 heterocycles. The monoisotopic (exact) mass is 326 g/mol. The van der Waals surface area contributed by atoms with Crippen molar-refractivity contribution in [1.29, 1.82) is 0 Å². The summed E-state index contributed by atoms with van der Waals surface area (Å²) in [6, 6.07) is 6.00. The number of thiazole rings is 1. The number of carbonyl (C=O) groups excluding carboxylic acids is 1. The second kappa shape index (κ2) is 5.82. The summed E-state index contributed by atoms with van der Waals surface area (Å²) >= 11 is 1.12. The van der Waals surface area contributed by atoms with Gasteiger partial charge < -0.3 is 4.74 Å². The van der Waals surface area contributed by atoms with Crippen LogP contribution in [0.3, 0.4) is 0 Å². The molecule has 112 valence electrons. The van der Waals surface area contributed by atoms with E-state index >= 15 is 0 Å². The van der Waals surface area contributed by atoms with Crippen LogP contribution in [0.1, 0.15) is 21.1 Å². The number of methoxy groups -OCH3 is 1. The van der Waals surface area contributed by atoms with Gasteiger partial charge >= 0.3 is 5.97 Å². The fourth-order valence-electron chi connectivity index (χ4n) is 1.76. The molecule has 2 aromatic rings. The summed E-state index contributed by atoms with van der Waals surface area (Å²) in [7, 11) is -2.39. The van der Waals surface area contributed by atoms with Crippen LogP contribution in [0.25, 0.3) is 0 Å². The van der Waals surface area contributed by atoms with Gasteiger partial charge in [-0.2, -0.15) is 0 Å². The summed E-state index contributed by atoms with van der Waals surface area (Å²) in [5.74, 6) is -0.474. The van der Waals surface area contributed by atoms with Crippen LogP contribution in [0.15, 0.2) is 28.5 Å². The molecule has 6 nitrogen and oxygen atoms in total. The van der Waals surface area contributed by atoms with E-state index in [1.807, 2.05) is 0 Å². The number of hydrogen-bond donors (Lipinski definition) is 1. The number of carbonyl (C=O) groups is 1. The number of ether oxygens (including phenoxy) is 1. The predicted molar refractivity (Wildman–Crippen MR) is 80.2 cm³/mol. The Labute approximate surface area is 126 Å². The minimum atomic E-state index is -3.67. The first-order valence-electron chi connectivity index (χ1n) is 5.98. The molecule has 0 amide bonds.